The fraction of sp³-hybridized carbons (Fsp3) is 0.769. The monoisotopic (exact) mass is 412 g/mol. The fourth-order valence-corrected chi connectivity index (χ4v) is 5.31. The van der Waals surface area contributed by atoms with Crippen molar-refractivity contribution in [3.8, 4) is 0 Å². The minimum absolute atomic E-state index is 0.0808. The van der Waals surface area contributed by atoms with Crippen LogP contribution in [0.25, 0.3) is 0 Å². The molecule has 4 aliphatic rings. The summed E-state index contributed by atoms with van der Waals surface area (Å²) in [5.41, 5.74) is 7.53. The Morgan fingerprint density at radius 1 is 0.800 bits per heavy atom. The zero-order chi connectivity index (χ0) is 21.1. The van der Waals surface area contributed by atoms with E-state index in [9.17, 15) is 0 Å². The molecule has 0 N–H and O–H groups in total. The van der Waals surface area contributed by atoms with Crippen LogP contribution in [0.1, 0.15) is 105 Å². The third kappa shape index (κ3) is 4.50. The second-order valence-corrected chi connectivity index (χ2v) is 9.58. The van der Waals surface area contributed by atoms with Gasteiger partial charge in [-0.05, 0) is 65.2 Å². The molecular weight excluding hydrogens is 372 g/mol. The molecule has 4 unspecified atom stereocenters. The van der Waals surface area contributed by atoms with E-state index < -0.39 is 0 Å². The molecule has 4 heterocycles. The Balaban J connectivity index is 1.78. The maximum absolute atomic E-state index is 6.60. The molecule has 30 heavy (non-hydrogen) atoms. The lowest BCUT2D eigenvalue weighted by Crippen LogP contribution is -2.31. The molecule has 166 valence electrons. The average Bonchev–Trinajstić information content (AvgIpc) is 3.30. The molecule has 0 aromatic heterocycles. The molecule has 0 aliphatic carbocycles. The highest BCUT2D eigenvalue weighted by molar-refractivity contribution is 6.24. The van der Waals surface area contributed by atoms with Gasteiger partial charge >= 0.3 is 0 Å². The molecule has 4 rings (SSSR count). The van der Waals surface area contributed by atoms with Gasteiger partial charge in [-0.15, -0.1) is 0 Å². The lowest BCUT2D eigenvalue weighted by molar-refractivity contribution is 0.00753. The van der Waals surface area contributed by atoms with Crippen LogP contribution in [0.3, 0.4) is 0 Å². The Hall–Kier alpha value is -1.26. The zero-order valence-corrected chi connectivity index (χ0v) is 19.5. The van der Waals surface area contributed by atoms with Crippen molar-refractivity contribution >= 4 is 11.4 Å². The first-order valence-electron chi connectivity index (χ1n) is 12.6. The summed E-state index contributed by atoms with van der Waals surface area (Å²) in [6, 6.07) is 0. The van der Waals surface area contributed by atoms with Gasteiger partial charge in [-0.1, -0.05) is 39.5 Å². The van der Waals surface area contributed by atoms with Crippen LogP contribution in [0, 0.1) is 0 Å². The quantitative estimate of drug-likeness (QED) is 0.487. The standard InChI is InChI=1S/C26H40N2O2/c1-5-7-15-21-25-24-23(19(27-25)13-9-11-17(3)29-21)20-14-10-12-18(4)30-22(16-8-6-2)26(24)28-20/h17-18,21-22H,5-16H2,1-4H3. The molecule has 4 heteroatoms. The van der Waals surface area contributed by atoms with Gasteiger partial charge in [0.1, 0.15) is 12.2 Å². The first kappa shape index (κ1) is 22.0. The molecule has 4 nitrogen and oxygen atoms in total. The molecule has 0 saturated carbocycles. The second kappa shape index (κ2) is 9.91. The highest BCUT2D eigenvalue weighted by atomic mass is 16.5. The summed E-state index contributed by atoms with van der Waals surface area (Å²) >= 11 is 0. The Labute approximate surface area is 182 Å². The number of hydrogen-bond acceptors (Lipinski definition) is 4. The number of rotatable bonds is 6. The van der Waals surface area contributed by atoms with Crippen molar-refractivity contribution < 1.29 is 9.47 Å². The topological polar surface area (TPSA) is 43.2 Å². The van der Waals surface area contributed by atoms with Crippen molar-refractivity contribution in [2.45, 2.75) is 129 Å². The summed E-state index contributed by atoms with van der Waals surface area (Å²) in [6.45, 7) is 8.97. The number of ether oxygens (including phenoxy) is 2. The van der Waals surface area contributed by atoms with Crippen molar-refractivity contribution in [2.75, 3.05) is 0 Å². The molecule has 0 saturated heterocycles. The summed E-state index contributed by atoms with van der Waals surface area (Å²) < 4.78 is 13.2. The van der Waals surface area contributed by atoms with E-state index in [2.05, 4.69) is 27.7 Å². The highest BCUT2D eigenvalue weighted by Crippen LogP contribution is 2.44. The van der Waals surface area contributed by atoms with Crippen LogP contribution in [-0.2, 0) is 9.47 Å². The predicted octanol–water partition coefficient (Wildman–Crippen LogP) is 6.70. The summed E-state index contributed by atoms with van der Waals surface area (Å²) in [7, 11) is 0. The minimum atomic E-state index is 0.0808. The average molecular weight is 413 g/mol. The van der Waals surface area contributed by atoms with Gasteiger partial charge in [-0.3, -0.25) is 9.98 Å². The Kier molecular flexibility index (Phi) is 7.25. The highest BCUT2D eigenvalue weighted by Gasteiger charge is 2.41. The van der Waals surface area contributed by atoms with Crippen molar-refractivity contribution in [2.24, 2.45) is 9.98 Å². The first-order chi connectivity index (χ1) is 14.6. The molecule has 0 radical (unpaired) electrons. The zero-order valence-electron chi connectivity index (χ0n) is 19.5. The molecule has 0 aromatic rings. The van der Waals surface area contributed by atoms with Gasteiger partial charge in [0, 0.05) is 11.1 Å². The summed E-state index contributed by atoms with van der Waals surface area (Å²) in [5.74, 6) is 0. The summed E-state index contributed by atoms with van der Waals surface area (Å²) in [6.07, 6.45) is 14.1. The van der Waals surface area contributed by atoms with Crippen LogP contribution >= 0.6 is 0 Å². The normalized spacial score (nSPS) is 31.9. The lowest BCUT2D eigenvalue weighted by Gasteiger charge is -2.27. The molecule has 0 aromatic carbocycles. The van der Waals surface area contributed by atoms with E-state index in [0.717, 1.165) is 62.8 Å². The van der Waals surface area contributed by atoms with Gasteiger partial charge in [-0.25, -0.2) is 0 Å². The number of allylic oxidation sites excluding steroid dienone is 2. The second-order valence-electron chi connectivity index (χ2n) is 9.58. The van der Waals surface area contributed by atoms with Gasteiger partial charge in [0.15, 0.2) is 0 Å². The van der Waals surface area contributed by atoms with E-state index in [1.807, 2.05) is 0 Å². The van der Waals surface area contributed by atoms with E-state index in [1.54, 1.807) is 0 Å². The number of hydrogen-bond donors (Lipinski definition) is 0. The largest absolute Gasteiger partial charge is 0.369 e. The minimum Gasteiger partial charge on any atom is -0.369 e. The molecule has 4 bridgehead atoms. The fourth-order valence-electron chi connectivity index (χ4n) is 5.31. The molecule has 0 fully saturated rings. The molecular formula is C26H40N2O2. The molecule has 0 spiro atoms. The van der Waals surface area contributed by atoms with E-state index in [4.69, 9.17) is 19.5 Å². The van der Waals surface area contributed by atoms with E-state index in [0.29, 0.717) is 0 Å². The van der Waals surface area contributed by atoms with E-state index >= 15 is 0 Å². The Bertz CT molecular complexity index is 761. The molecule has 4 atom stereocenters. The first-order valence-corrected chi connectivity index (χ1v) is 12.6. The van der Waals surface area contributed by atoms with E-state index in [1.165, 1.54) is 48.2 Å². The van der Waals surface area contributed by atoms with Crippen molar-refractivity contribution in [3.63, 3.8) is 0 Å². The Morgan fingerprint density at radius 2 is 1.43 bits per heavy atom. The van der Waals surface area contributed by atoms with Crippen molar-refractivity contribution in [1.82, 2.24) is 0 Å². The van der Waals surface area contributed by atoms with Crippen LogP contribution in [0.15, 0.2) is 32.5 Å². The van der Waals surface area contributed by atoms with Crippen LogP contribution in [0.4, 0.5) is 0 Å². The van der Waals surface area contributed by atoms with Crippen LogP contribution in [0.2, 0.25) is 0 Å². The third-order valence-corrected chi connectivity index (χ3v) is 6.94. The van der Waals surface area contributed by atoms with Crippen LogP contribution in [-0.4, -0.2) is 35.8 Å². The smallest absolute Gasteiger partial charge is 0.100 e. The lowest BCUT2D eigenvalue weighted by atomic mass is 9.89. The third-order valence-electron chi connectivity index (χ3n) is 6.94. The van der Waals surface area contributed by atoms with Crippen molar-refractivity contribution in [1.29, 1.82) is 0 Å². The van der Waals surface area contributed by atoms with E-state index in [-0.39, 0.29) is 24.4 Å². The Morgan fingerprint density at radius 3 is 2.13 bits per heavy atom. The number of unbranched alkanes of at least 4 members (excludes halogenated alkanes) is 2. The summed E-state index contributed by atoms with van der Waals surface area (Å²) in [4.78, 5) is 10.5. The number of aliphatic imine (C=N–C) groups is 2. The van der Waals surface area contributed by atoms with Gasteiger partial charge in [0.2, 0.25) is 0 Å². The van der Waals surface area contributed by atoms with Crippen molar-refractivity contribution in [3.05, 3.63) is 22.5 Å². The van der Waals surface area contributed by atoms with Crippen LogP contribution in [0.5, 0.6) is 0 Å². The number of nitrogens with zero attached hydrogens (tertiary/aromatic N) is 2. The maximum Gasteiger partial charge on any atom is 0.100 e. The maximum atomic E-state index is 6.60. The van der Waals surface area contributed by atoms with Gasteiger partial charge in [0.05, 0.1) is 35.0 Å². The molecule has 0 amide bonds. The number of fused-ring (bicyclic) bond motifs is 5. The van der Waals surface area contributed by atoms with Crippen LogP contribution < -0.4 is 0 Å². The molecule has 4 aliphatic heterocycles. The SMILES string of the molecule is CCCCC1OC(C)CCCC2=C3C4=NC(=C3C1=N2)C(CCCC)OC(C)CCC4. The van der Waals surface area contributed by atoms with Gasteiger partial charge in [-0.2, -0.15) is 0 Å². The van der Waals surface area contributed by atoms with Gasteiger partial charge < -0.3 is 9.47 Å². The van der Waals surface area contributed by atoms with Gasteiger partial charge in [0.25, 0.3) is 0 Å². The predicted molar refractivity (Wildman–Crippen MR) is 124 cm³/mol. The summed E-state index contributed by atoms with van der Waals surface area (Å²) in [5, 5.41) is 0.